The summed E-state index contributed by atoms with van der Waals surface area (Å²) in [6, 6.07) is 2.14. The van der Waals surface area contributed by atoms with Gasteiger partial charge >= 0.3 is 5.97 Å². The van der Waals surface area contributed by atoms with E-state index in [1.165, 1.54) is 13.0 Å². The fourth-order valence-corrected chi connectivity index (χ4v) is 2.31. The van der Waals surface area contributed by atoms with Crippen LogP contribution in [0.3, 0.4) is 0 Å². The average molecular weight is 294 g/mol. The van der Waals surface area contributed by atoms with Gasteiger partial charge in [0.15, 0.2) is 0 Å². The van der Waals surface area contributed by atoms with E-state index in [9.17, 15) is 14.3 Å². The van der Waals surface area contributed by atoms with Crippen molar-refractivity contribution in [1.82, 2.24) is 5.32 Å². The van der Waals surface area contributed by atoms with E-state index in [4.69, 9.17) is 23.2 Å². The van der Waals surface area contributed by atoms with E-state index in [-0.39, 0.29) is 21.7 Å². The van der Waals surface area contributed by atoms with Crippen molar-refractivity contribution in [3.05, 3.63) is 33.6 Å². The van der Waals surface area contributed by atoms with Crippen molar-refractivity contribution in [2.24, 2.45) is 0 Å². The molecular formula is C12H14Cl2FNO2. The van der Waals surface area contributed by atoms with Crippen molar-refractivity contribution in [2.75, 3.05) is 0 Å². The number of carboxylic acids is 1. The van der Waals surface area contributed by atoms with Crippen LogP contribution in [0, 0.1) is 5.82 Å². The average Bonchev–Trinajstić information content (AvgIpc) is 2.21. The number of carboxylic acid groups (broad SMARTS) is 1. The number of rotatable bonds is 4. The highest BCUT2D eigenvalue weighted by atomic mass is 35.5. The molecule has 2 N–H and O–H groups in total. The molecule has 6 heteroatoms. The minimum Gasteiger partial charge on any atom is -0.480 e. The maximum atomic E-state index is 13.5. The molecule has 1 atom stereocenters. The minimum absolute atomic E-state index is 0.110. The molecule has 0 aromatic heterocycles. The molecule has 1 aromatic rings. The van der Waals surface area contributed by atoms with Crippen LogP contribution < -0.4 is 5.32 Å². The lowest BCUT2D eigenvalue weighted by Gasteiger charge is -2.30. The second-order valence-corrected chi connectivity index (χ2v) is 5.29. The van der Waals surface area contributed by atoms with Gasteiger partial charge in [-0.15, -0.1) is 0 Å². The number of hydrogen-bond acceptors (Lipinski definition) is 2. The molecule has 1 rings (SSSR count). The lowest BCUT2D eigenvalue weighted by molar-refractivity contribution is -0.144. The molecule has 0 heterocycles. The van der Waals surface area contributed by atoms with Crippen molar-refractivity contribution in [3.63, 3.8) is 0 Å². The molecule has 1 unspecified atom stereocenters. The Labute approximate surface area is 115 Å². The van der Waals surface area contributed by atoms with Gasteiger partial charge in [-0.25, -0.2) is 9.18 Å². The van der Waals surface area contributed by atoms with E-state index in [1.807, 2.05) is 0 Å². The standard InChI is InChI=1S/C12H14Cl2FNO2/c1-6(2)16-12(3,11(17)18)7-4-10(15)9(14)5-8(7)13/h4-6,16H,1-3H3,(H,17,18). The Morgan fingerprint density at radius 1 is 1.39 bits per heavy atom. The molecule has 0 aliphatic carbocycles. The zero-order valence-electron chi connectivity index (χ0n) is 10.2. The predicted octanol–water partition coefficient (Wildman–Crippen LogP) is 3.43. The summed E-state index contributed by atoms with van der Waals surface area (Å²) in [6.45, 7) is 5.02. The number of hydrogen-bond donors (Lipinski definition) is 2. The molecule has 0 spiro atoms. The number of aliphatic carboxylic acids is 1. The van der Waals surface area contributed by atoms with Gasteiger partial charge < -0.3 is 5.11 Å². The topological polar surface area (TPSA) is 49.3 Å². The molecule has 0 aliphatic heterocycles. The van der Waals surface area contributed by atoms with Crippen LogP contribution in [0.4, 0.5) is 4.39 Å². The Morgan fingerprint density at radius 3 is 2.39 bits per heavy atom. The summed E-state index contributed by atoms with van der Waals surface area (Å²) >= 11 is 11.6. The molecular weight excluding hydrogens is 280 g/mol. The van der Waals surface area contributed by atoms with E-state index in [0.29, 0.717) is 0 Å². The number of halogens is 3. The highest BCUT2D eigenvalue weighted by molar-refractivity contribution is 6.35. The summed E-state index contributed by atoms with van der Waals surface area (Å²) in [6.07, 6.45) is 0. The van der Waals surface area contributed by atoms with Gasteiger partial charge in [0.25, 0.3) is 0 Å². The van der Waals surface area contributed by atoms with Gasteiger partial charge in [0.1, 0.15) is 11.4 Å². The summed E-state index contributed by atoms with van der Waals surface area (Å²) in [5.74, 6) is -1.84. The highest BCUT2D eigenvalue weighted by Gasteiger charge is 2.38. The van der Waals surface area contributed by atoms with Gasteiger partial charge in [0.2, 0.25) is 0 Å². The smallest absolute Gasteiger partial charge is 0.328 e. The van der Waals surface area contributed by atoms with Crippen molar-refractivity contribution in [1.29, 1.82) is 0 Å². The number of carbonyl (C=O) groups is 1. The Balaban J connectivity index is 3.39. The van der Waals surface area contributed by atoms with Crippen LogP contribution in [-0.2, 0) is 10.3 Å². The first-order chi connectivity index (χ1) is 8.18. The maximum absolute atomic E-state index is 13.5. The minimum atomic E-state index is -1.48. The van der Waals surface area contributed by atoms with Crippen LogP contribution in [0.2, 0.25) is 10.0 Å². The third-order valence-corrected chi connectivity index (χ3v) is 3.16. The second-order valence-electron chi connectivity index (χ2n) is 4.48. The van der Waals surface area contributed by atoms with Gasteiger partial charge in [0, 0.05) is 16.6 Å². The summed E-state index contributed by atoms with van der Waals surface area (Å²) in [4.78, 5) is 11.4. The predicted molar refractivity (Wildman–Crippen MR) is 69.7 cm³/mol. The Kier molecular flexibility index (Phi) is 4.59. The fraction of sp³-hybridized carbons (Fsp3) is 0.417. The third-order valence-electron chi connectivity index (χ3n) is 2.55. The van der Waals surface area contributed by atoms with Crippen LogP contribution in [0.15, 0.2) is 12.1 Å². The normalized spacial score (nSPS) is 14.6. The van der Waals surface area contributed by atoms with Crippen molar-refractivity contribution < 1.29 is 14.3 Å². The van der Waals surface area contributed by atoms with Gasteiger partial charge in [-0.3, -0.25) is 5.32 Å². The lowest BCUT2D eigenvalue weighted by atomic mass is 9.91. The van der Waals surface area contributed by atoms with Crippen LogP contribution in [-0.4, -0.2) is 17.1 Å². The zero-order valence-corrected chi connectivity index (χ0v) is 11.7. The molecule has 0 fully saturated rings. The largest absolute Gasteiger partial charge is 0.480 e. The molecule has 0 amide bonds. The first-order valence-corrected chi connectivity index (χ1v) is 6.10. The summed E-state index contributed by atoms with van der Waals surface area (Å²) < 4.78 is 13.5. The number of benzene rings is 1. The fourth-order valence-electron chi connectivity index (χ4n) is 1.74. The zero-order chi connectivity index (χ0) is 14.1. The van der Waals surface area contributed by atoms with Crippen LogP contribution in [0.1, 0.15) is 26.3 Å². The van der Waals surface area contributed by atoms with E-state index >= 15 is 0 Å². The van der Waals surface area contributed by atoms with E-state index < -0.39 is 17.3 Å². The van der Waals surface area contributed by atoms with Crippen LogP contribution in [0.5, 0.6) is 0 Å². The van der Waals surface area contributed by atoms with Gasteiger partial charge in [0.05, 0.1) is 5.02 Å². The summed E-state index contributed by atoms with van der Waals surface area (Å²) in [7, 11) is 0. The Bertz CT molecular complexity index is 479. The molecule has 0 radical (unpaired) electrons. The lowest BCUT2D eigenvalue weighted by Crippen LogP contribution is -2.49. The first kappa shape index (κ1) is 15.2. The first-order valence-electron chi connectivity index (χ1n) is 5.34. The quantitative estimate of drug-likeness (QED) is 0.836. The SMILES string of the molecule is CC(C)NC(C)(C(=O)O)c1cc(F)c(Cl)cc1Cl. The van der Waals surface area contributed by atoms with Gasteiger partial charge in [-0.05, 0) is 32.9 Å². The van der Waals surface area contributed by atoms with Crippen molar-refractivity contribution in [2.45, 2.75) is 32.4 Å². The Hall–Kier alpha value is -0.840. The molecule has 100 valence electrons. The van der Waals surface area contributed by atoms with Gasteiger partial charge in [-0.1, -0.05) is 23.2 Å². The monoisotopic (exact) mass is 293 g/mol. The highest BCUT2D eigenvalue weighted by Crippen LogP contribution is 2.32. The maximum Gasteiger partial charge on any atom is 0.328 e. The van der Waals surface area contributed by atoms with E-state index in [1.54, 1.807) is 13.8 Å². The molecule has 0 saturated heterocycles. The van der Waals surface area contributed by atoms with Crippen LogP contribution in [0.25, 0.3) is 0 Å². The summed E-state index contributed by atoms with van der Waals surface area (Å²) in [5, 5.41) is 12.2. The van der Waals surface area contributed by atoms with E-state index in [0.717, 1.165) is 6.07 Å². The molecule has 0 aliphatic rings. The third kappa shape index (κ3) is 2.94. The second kappa shape index (κ2) is 5.43. The number of nitrogens with one attached hydrogen (secondary N) is 1. The molecule has 3 nitrogen and oxygen atoms in total. The Morgan fingerprint density at radius 2 is 1.94 bits per heavy atom. The van der Waals surface area contributed by atoms with Crippen LogP contribution >= 0.6 is 23.2 Å². The van der Waals surface area contributed by atoms with Crippen molar-refractivity contribution >= 4 is 29.2 Å². The molecule has 0 bridgehead atoms. The van der Waals surface area contributed by atoms with Crippen molar-refractivity contribution in [3.8, 4) is 0 Å². The van der Waals surface area contributed by atoms with Gasteiger partial charge in [-0.2, -0.15) is 0 Å². The molecule has 1 aromatic carbocycles. The molecule has 0 saturated carbocycles. The molecule has 18 heavy (non-hydrogen) atoms. The van der Waals surface area contributed by atoms with E-state index in [2.05, 4.69) is 5.32 Å². The summed E-state index contributed by atoms with van der Waals surface area (Å²) in [5.41, 5.74) is -1.33.